The van der Waals surface area contributed by atoms with Crippen molar-refractivity contribution in [2.75, 3.05) is 6.61 Å². The van der Waals surface area contributed by atoms with Gasteiger partial charge in [0.05, 0.1) is 6.61 Å². The highest BCUT2D eigenvalue weighted by Crippen LogP contribution is 2.25. The summed E-state index contributed by atoms with van der Waals surface area (Å²) in [6, 6.07) is 5.81. The number of nitrogens with zero attached hydrogens (tertiary/aromatic N) is 1. The smallest absolute Gasteiger partial charge is 0.377 e. The van der Waals surface area contributed by atoms with E-state index in [-0.39, 0.29) is 18.2 Å². The number of rotatable bonds is 3. The lowest BCUT2D eigenvalue weighted by atomic mass is 10.1. The second-order valence-electron chi connectivity index (χ2n) is 3.71. The Morgan fingerprint density at radius 3 is 2.67 bits per heavy atom. The minimum Gasteiger partial charge on any atom is -0.460 e. The van der Waals surface area contributed by atoms with E-state index in [1.807, 2.05) is 0 Å². The Morgan fingerprint density at radius 1 is 1.39 bits per heavy atom. The van der Waals surface area contributed by atoms with Crippen molar-refractivity contribution in [2.24, 2.45) is 0 Å². The van der Waals surface area contributed by atoms with Crippen molar-refractivity contribution in [2.45, 2.75) is 13.8 Å². The van der Waals surface area contributed by atoms with E-state index in [0.717, 1.165) is 0 Å². The maximum atomic E-state index is 12.8. The number of benzene rings is 1. The first kappa shape index (κ1) is 12.3. The molecule has 0 aliphatic carbocycles. The van der Waals surface area contributed by atoms with E-state index in [4.69, 9.17) is 9.26 Å². The molecule has 0 N–H and O–H groups in total. The molecule has 0 amide bonds. The molecular formula is C13H12FNO3. The molecule has 1 heterocycles. The normalized spacial score (nSPS) is 10.4. The van der Waals surface area contributed by atoms with Gasteiger partial charge < -0.3 is 9.26 Å². The first-order valence-electron chi connectivity index (χ1n) is 5.52. The van der Waals surface area contributed by atoms with Crippen LogP contribution >= 0.6 is 0 Å². The zero-order valence-electron chi connectivity index (χ0n) is 10.1. The number of aromatic nitrogens is 1. The maximum Gasteiger partial charge on any atom is 0.377 e. The molecule has 0 fully saturated rings. The molecule has 0 atom stereocenters. The van der Waals surface area contributed by atoms with Gasteiger partial charge in [-0.1, -0.05) is 5.16 Å². The summed E-state index contributed by atoms with van der Waals surface area (Å²) in [6.45, 7) is 3.69. The predicted octanol–water partition coefficient (Wildman–Crippen LogP) is 2.97. The molecule has 0 aliphatic heterocycles. The minimum absolute atomic E-state index is 0.0798. The maximum absolute atomic E-state index is 12.8. The Balaban J connectivity index is 2.36. The third kappa shape index (κ3) is 2.25. The van der Waals surface area contributed by atoms with Crippen LogP contribution in [0.4, 0.5) is 4.39 Å². The summed E-state index contributed by atoms with van der Waals surface area (Å²) in [6.07, 6.45) is 0. The number of hydrogen-bond donors (Lipinski definition) is 0. The summed E-state index contributed by atoms with van der Waals surface area (Å²) in [7, 11) is 0. The summed E-state index contributed by atoms with van der Waals surface area (Å²) in [5.74, 6) is -0.794. The van der Waals surface area contributed by atoms with Gasteiger partial charge in [0, 0.05) is 11.1 Å². The number of esters is 1. The van der Waals surface area contributed by atoms with Crippen molar-refractivity contribution in [3.63, 3.8) is 0 Å². The number of carbonyl (C=O) groups excluding carboxylic acids is 1. The molecular weight excluding hydrogens is 237 g/mol. The molecule has 0 unspecified atom stereocenters. The SMILES string of the molecule is CCOC(=O)c1onc(-c2ccc(F)cc2)c1C. The van der Waals surface area contributed by atoms with Gasteiger partial charge in [-0.05, 0) is 38.1 Å². The van der Waals surface area contributed by atoms with Gasteiger partial charge in [0.1, 0.15) is 11.5 Å². The van der Waals surface area contributed by atoms with Crippen LogP contribution in [-0.4, -0.2) is 17.7 Å². The van der Waals surface area contributed by atoms with Crippen LogP contribution in [0.15, 0.2) is 28.8 Å². The second kappa shape index (κ2) is 5.00. The molecule has 0 spiro atoms. The highest BCUT2D eigenvalue weighted by Gasteiger charge is 2.20. The third-order valence-corrected chi connectivity index (χ3v) is 2.50. The Bertz CT molecular complexity index is 560. The molecule has 0 saturated heterocycles. The minimum atomic E-state index is -0.545. The second-order valence-corrected chi connectivity index (χ2v) is 3.71. The van der Waals surface area contributed by atoms with E-state index in [1.54, 1.807) is 26.0 Å². The van der Waals surface area contributed by atoms with E-state index in [9.17, 15) is 9.18 Å². The quantitative estimate of drug-likeness (QED) is 0.785. The van der Waals surface area contributed by atoms with Gasteiger partial charge in [-0.15, -0.1) is 0 Å². The summed E-state index contributed by atoms with van der Waals surface area (Å²) < 4.78 is 22.6. The average molecular weight is 249 g/mol. The molecule has 1 aromatic carbocycles. The third-order valence-electron chi connectivity index (χ3n) is 2.50. The molecule has 18 heavy (non-hydrogen) atoms. The van der Waals surface area contributed by atoms with Crippen molar-refractivity contribution in [3.8, 4) is 11.3 Å². The Morgan fingerprint density at radius 2 is 2.06 bits per heavy atom. The van der Waals surface area contributed by atoms with Crippen molar-refractivity contribution >= 4 is 5.97 Å². The molecule has 0 radical (unpaired) electrons. The fraction of sp³-hybridized carbons (Fsp3) is 0.231. The lowest BCUT2D eigenvalue weighted by Gasteiger charge is -1.99. The summed E-state index contributed by atoms with van der Waals surface area (Å²) in [5, 5.41) is 3.82. The fourth-order valence-corrected chi connectivity index (χ4v) is 1.60. The van der Waals surface area contributed by atoms with E-state index < -0.39 is 5.97 Å². The van der Waals surface area contributed by atoms with E-state index in [2.05, 4.69) is 5.16 Å². The zero-order valence-corrected chi connectivity index (χ0v) is 10.1. The highest BCUT2D eigenvalue weighted by atomic mass is 19.1. The topological polar surface area (TPSA) is 52.3 Å². The molecule has 1 aromatic heterocycles. The zero-order chi connectivity index (χ0) is 13.1. The lowest BCUT2D eigenvalue weighted by molar-refractivity contribution is 0.0478. The van der Waals surface area contributed by atoms with Crippen LogP contribution in [0, 0.1) is 12.7 Å². The summed E-state index contributed by atoms with van der Waals surface area (Å²) in [4.78, 5) is 11.5. The van der Waals surface area contributed by atoms with Crippen LogP contribution in [-0.2, 0) is 4.74 Å². The number of carbonyl (C=O) groups is 1. The monoisotopic (exact) mass is 249 g/mol. The van der Waals surface area contributed by atoms with Gasteiger partial charge in [-0.25, -0.2) is 9.18 Å². The molecule has 0 saturated carbocycles. The molecule has 0 bridgehead atoms. The Kier molecular flexibility index (Phi) is 3.41. The molecule has 5 heteroatoms. The molecule has 2 rings (SSSR count). The van der Waals surface area contributed by atoms with Gasteiger partial charge in [-0.3, -0.25) is 0 Å². The average Bonchev–Trinajstić information content (AvgIpc) is 2.73. The van der Waals surface area contributed by atoms with Crippen molar-refractivity contribution in [1.82, 2.24) is 5.16 Å². The number of ether oxygens (including phenoxy) is 1. The standard InChI is InChI=1S/C13H12FNO3/c1-3-17-13(16)12-8(2)11(15-18-12)9-4-6-10(14)7-5-9/h4-7H,3H2,1-2H3. The fourth-order valence-electron chi connectivity index (χ4n) is 1.60. The van der Waals surface area contributed by atoms with Crippen LogP contribution in [0.2, 0.25) is 0 Å². The van der Waals surface area contributed by atoms with E-state index in [1.165, 1.54) is 12.1 Å². The predicted molar refractivity (Wildman–Crippen MR) is 62.6 cm³/mol. The highest BCUT2D eigenvalue weighted by molar-refractivity contribution is 5.89. The van der Waals surface area contributed by atoms with Gasteiger partial charge in [0.15, 0.2) is 0 Å². The van der Waals surface area contributed by atoms with Gasteiger partial charge in [0.2, 0.25) is 5.76 Å². The van der Waals surface area contributed by atoms with Crippen LogP contribution in [0.1, 0.15) is 23.0 Å². The van der Waals surface area contributed by atoms with Crippen LogP contribution < -0.4 is 0 Å². The van der Waals surface area contributed by atoms with Crippen molar-refractivity contribution < 1.29 is 18.4 Å². The Hall–Kier alpha value is -2.17. The van der Waals surface area contributed by atoms with E-state index >= 15 is 0 Å². The molecule has 94 valence electrons. The van der Waals surface area contributed by atoms with Gasteiger partial charge >= 0.3 is 5.97 Å². The van der Waals surface area contributed by atoms with Crippen molar-refractivity contribution in [3.05, 3.63) is 41.4 Å². The number of halogens is 1. The summed E-state index contributed by atoms with van der Waals surface area (Å²) in [5.41, 5.74) is 1.78. The molecule has 0 aliphatic rings. The largest absolute Gasteiger partial charge is 0.460 e. The van der Waals surface area contributed by atoms with Crippen molar-refractivity contribution in [1.29, 1.82) is 0 Å². The summed E-state index contributed by atoms with van der Waals surface area (Å²) >= 11 is 0. The van der Waals surface area contributed by atoms with Crippen LogP contribution in [0.25, 0.3) is 11.3 Å². The van der Waals surface area contributed by atoms with Crippen LogP contribution in [0.3, 0.4) is 0 Å². The lowest BCUT2D eigenvalue weighted by Crippen LogP contribution is -2.04. The van der Waals surface area contributed by atoms with E-state index in [0.29, 0.717) is 16.8 Å². The molecule has 2 aromatic rings. The van der Waals surface area contributed by atoms with Gasteiger partial charge in [-0.2, -0.15) is 0 Å². The Labute approximate surface area is 103 Å². The van der Waals surface area contributed by atoms with Gasteiger partial charge in [0.25, 0.3) is 0 Å². The molecule has 4 nitrogen and oxygen atoms in total. The first-order valence-corrected chi connectivity index (χ1v) is 5.52. The van der Waals surface area contributed by atoms with Crippen LogP contribution in [0.5, 0.6) is 0 Å². The number of hydrogen-bond acceptors (Lipinski definition) is 4. The first-order chi connectivity index (χ1) is 8.63.